The standard InChI is InChI=1S/C31H38O10/c1-17-10-27(34)35-15-30-14-22(38-20(4)32)18(2)12-24(30)40-25-13-23(29(30,5)31(25)16-36-31)41-26(33)9-7-6-8-21-19(3)37-28(11-17)39-21/h6-10,12,19,21-25,28H,11,13-16H2,1-5H3/t19-,21-,22-,23+,24+,25+,28+,29+,30+,31?/m0/s1. The molecule has 4 heterocycles. The Morgan fingerprint density at radius 2 is 1.83 bits per heavy atom. The molecule has 0 amide bonds. The lowest BCUT2D eigenvalue weighted by Gasteiger charge is -2.59. The summed E-state index contributed by atoms with van der Waals surface area (Å²) >= 11 is 0. The number of cyclic esters (lactones) is 1. The Kier molecular flexibility index (Phi) is 7.04. The molecule has 0 aromatic carbocycles. The summed E-state index contributed by atoms with van der Waals surface area (Å²) in [4.78, 5) is 38.4. The number of allylic oxidation sites excluding steroid dienone is 2. The molecule has 10 atom stereocenters. The quantitative estimate of drug-likeness (QED) is 0.201. The van der Waals surface area contributed by atoms with Crippen molar-refractivity contribution in [1.82, 2.24) is 0 Å². The number of esters is 3. The zero-order chi connectivity index (χ0) is 29.2. The summed E-state index contributed by atoms with van der Waals surface area (Å²) in [5.74, 6) is -1.42. The number of hydrogen-bond donors (Lipinski definition) is 0. The van der Waals surface area contributed by atoms with Crippen LogP contribution in [0.4, 0.5) is 0 Å². The molecule has 1 unspecified atom stereocenters. The third-order valence-electron chi connectivity index (χ3n) is 9.96. The van der Waals surface area contributed by atoms with Crippen molar-refractivity contribution in [2.75, 3.05) is 13.2 Å². The monoisotopic (exact) mass is 570 g/mol. The summed E-state index contributed by atoms with van der Waals surface area (Å²) in [5, 5.41) is 0. The largest absolute Gasteiger partial charge is 0.462 e. The SMILES string of the molecule is CC(=O)O[C@H]1C[C@@]23COC(=O)C=C(C)C[C@@H]4O[C@@H](C)[C@H](C=CC=CC(=O)O[C@@H]5C[C@@H](O[C@@H]2C=C1C)C1(CO1)[C@]53C)O4. The number of hydrogen-bond acceptors (Lipinski definition) is 10. The lowest BCUT2D eigenvalue weighted by Crippen LogP contribution is -2.68. The van der Waals surface area contributed by atoms with Crippen LogP contribution < -0.4 is 0 Å². The fraction of sp³-hybridized carbons (Fsp3) is 0.645. The number of carbonyl (C=O) groups excluding carboxylic acids is 3. The molecule has 4 aliphatic heterocycles. The minimum absolute atomic E-state index is 0.0433. The molecule has 2 aliphatic carbocycles. The van der Waals surface area contributed by atoms with Gasteiger partial charge in [0.2, 0.25) is 0 Å². The van der Waals surface area contributed by atoms with Gasteiger partial charge >= 0.3 is 17.9 Å². The molecule has 222 valence electrons. The molecule has 41 heavy (non-hydrogen) atoms. The van der Waals surface area contributed by atoms with Crippen LogP contribution in [0.25, 0.3) is 0 Å². The van der Waals surface area contributed by atoms with E-state index in [4.69, 9.17) is 33.2 Å². The van der Waals surface area contributed by atoms with E-state index in [1.165, 1.54) is 19.1 Å². The fourth-order valence-corrected chi connectivity index (χ4v) is 7.64. The van der Waals surface area contributed by atoms with Crippen LogP contribution in [0.3, 0.4) is 0 Å². The summed E-state index contributed by atoms with van der Waals surface area (Å²) in [5.41, 5.74) is -0.803. The third kappa shape index (κ3) is 4.59. The first kappa shape index (κ1) is 28.3. The Hall–Kier alpha value is -2.79. The summed E-state index contributed by atoms with van der Waals surface area (Å²) in [6.45, 7) is 9.45. The van der Waals surface area contributed by atoms with Gasteiger partial charge in [-0.15, -0.1) is 0 Å². The highest BCUT2D eigenvalue weighted by molar-refractivity contribution is 5.83. The molecule has 4 fully saturated rings. The molecule has 1 saturated carbocycles. The number of ether oxygens (including phenoxy) is 7. The predicted molar refractivity (Wildman–Crippen MR) is 143 cm³/mol. The molecular weight excluding hydrogens is 532 g/mol. The highest BCUT2D eigenvalue weighted by atomic mass is 16.7. The third-order valence-corrected chi connectivity index (χ3v) is 9.96. The number of epoxide rings is 1. The van der Waals surface area contributed by atoms with Gasteiger partial charge in [-0.2, -0.15) is 0 Å². The van der Waals surface area contributed by atoms with Crippen LogP contribution in [-0.2, 0) is 47.5 Å². The van der Waals surface area contributed by atoms with Gasteiger partial charge in [0.25, 0.3) is 0 Å². The predicted octanol–water partition coefficient (Wildman–Crippen LogP) is 3.25. The summed E-state index contributed by atoms with van der Waals surface area (Å²) in [6, 6.07) is 0. The Morgan fingerprint density at radius 3 is 2.56 bits per heavy atom. The summed E-state index contributed by atoms with van der Waals surface area (Å²) in [6.07, 6.45) is 8.26. The minimum atomic E-state index is -0.909. The zero-order valence-electron chi connectivity index (χ0n) is 24.1. The summed E-state index contributed by atoms with van der Waals surface area (Å²) in [7, 11) is 0. The average molecular weight is 571 g/mol. The van der Waals surface area contributed by atoms with E-state index in [2.05, 4.69) is 0 Å². The lowest BCUT2D eigenvalue weighted by atomic mass is 9.51. The highest BCUT2D eigenvalue weighted by Gasteiger charge is 2.83. The maximum atomic E-state index is 13.2. The van der Waals surface area contributed by atoms with Crippen LogP contribution in [0.15, 0.2) is 47.6 Å². The van der Waals surface area contributed by atoms with E-state index in [0.717, 1.165) is 11.1 Å². The van der Waals surface area contributed by atoms with Crippen LogP contribution in [0.2, 0.25) is 0 Å². The Bertz CT molecular complexity index is 1240. The minimum Gasteiger partial charge on any atom is -0.462 e. The molecule has 10 heteroatoms. The highest BCUT2D eigenvalue weighted by Crippen LogP contribution is 2.72. The van der Waals surface area contributed by atoms with Crippen LogP contribution in [0.5, 0.6) is 0 Å². The van der Waals surface area contributed by atoms with Gasteiger partial charge in [0, 0.05) is 38.3 Å². The van der Waals surface area contributed by atoms with E-state index in [9.17, 15) is 14.4 Å². The van der Waals surface area contributed by atoms with Gasteiger partial charge in [-0.25, -0.2) is 9.59 Å². The number of rotatable bonds is 1. The Balaban J connectivity index is 1.40. The van der Waals surface area contributed by atoms with Crippen LogP contribution in [0, 0.1) is 10.8 Å². The fourth-order valence-electron chi connectivity index (χ4n) is 7.64. The molecule has 10 nitrogen and oxygen atoms in total. The second-order valence-corrected chi connectivity index (χ2v) is 12.4. The van der Waals surface area contributed by atoms with Crippen molar-refractivity contribution >= 4 is 17.9 Å². The van der Waals surface area contributed by atoms with Crippen molar-refractivity contribution in [1.29, 1.82) is 0 Å². The van der Waals surface area contributed by atoms with E-state index in [1.54, 1.807) is 12.2 Å². The molecule has 0 radical (unpaired) electrons. The average Bonchev–Trinajstić information content (AvgIpc) is 3.59. The van der Waals surface area contributed by atoms with Gasteiger partial charge in [0.05, 0.1) is 35.7 Å². The van der Waals surface area contributed by atoms with Crippen LogP contribution >= 0.6 is 0 Å². The first-order valence-corrected chi connectivity index (χ1v) is 14.3. The first-order chi connectivity index (χ1) is 19.5. The Morgan fingerprint density at radius 1 is 1.05 bits per heavy atom. The van der Waals surface area contributed by atoms with E-state index in [0.29, 0.717) is 25.9 Å². The van der Waals surface area contributed by atoms with Gasteiger partial charge in [-0.1, -0.05) is 36.8 Å². The summed E-state index contributed by atoms with van der Waals surface area (Å²) < 4.78 is 42.6. The Labute approximate surface area is 239 Å². The van der Waals surface area contributed by atoms with Gasteiger partial charge in [0.15, 0.2) is 6.29 Å². The van der Waals surface area contributed by atoms with Gasteiger partial charge < -0.3 is 33.2 Å². The van der Waals surface area contributed by atoms with E-state index < -0.39 is 58.9 Å². The molecule has 0 aromatic rings. The van der Waals surface area contributed by atoms with E-state index >= 15 is 0 Å². The normalized spacial score (nSPS) is 45.5. The van der Waals surface area contributed by atoms with Gasteiger partial charge in [0.1, 0.15) is 30.5 Å². The number of carbonyl (C=O) groups is 3. The molecular formula is C31H38O10. The second-order valence-electron chi connectivity index (χ2n) is 12.4. The number of fused-ring (bicyclic) bond motifs is 2. The van der Waals surface area contributed by atoms with E-state index in [-0.39, 0.29) is 24.9 Å². The van der Waals surface area contributed by atoms with Crippen molar-refractivity contribution in [3.8, 4) is 0 Å². The molecule has 6 rings (SSSR count). The molecule has 0 N–H and O–H groups in total. The molecule has 2 spiro atoms. The first-order valence-electron chi connectivity index (χ1n) is 14.3. The smallest absolute Gasteiger partial charge is 0.331 e. The maximum absolute atomic E-state index is 13.2. The van der Waals surface area contributed by atoms with Crippen molar-refractivity contribution in [2.45, 2.75) is 102 Å². The van der Waals surface area contributed by atoms with Crippen molar-refractivity contribution in [3.05, 3.63) is 47.6 Å². The van der Waals surface area contributed by atoms with Crippen molar-refractivity contribution in [2.24, 2.45) is 10.8 Å². The molecule has 4 bridgehead atoms. The second kappa shape index (κ2) is 10.2. The topological polar surface area (TPSA) is 119 Å². The van der Waals surface area contributed by atoms with Crippen LogP contribution in [0.1, 0.15) is 53.9 Å². The molecule has 3 saturated heterocycles. The maximum Gasteiger partial charge on any atom is 0.331 e. The van der Waals surface area contributed by atoms with Crippen molar-refractivity contribution in [3.63, 3.8) is 0 Å². The van der Waals surface area contributed by atoms with Crippen LogP contribution in [-0.4, -0.2) is 79.6 Å². The van der Waals surface area contributed by atoms with Gasteiger partial charge in [-0.05, 0) is 26.3 Å². The van der Waals surface area contributed by atoms with E-state index in [1.807, 2.05) is 39.8 Å². The van der Waals surface area contributed by atoms with Crippen molar-refractivity contribution < 1.29 is 47.5 Å². The zero-order valence-corrected chi connectivity index (χ0v) is 24.1. The molecule has 6 aliphatic rings. The van der Waals surface area contributed by atoms with Gasteiger partial charge in [-0.3, -0.25) is 4.79 Å². The molecule has 0 aromatic heterocycles. The lowest BCUT2D eigenvalue weighted by molar-refractivity contribution is -0.239.